The molecular formula is C13H12ClN3O2. The summed E-state index contributed by atoms with van der Waals surface area (Å²) in [5.41, 5.74) is 1.49. The van der Waals surface area contributed by atoms with Gasteiger partial charge in [0.25, 0.3) is 0 Å². The standard InChI is InChI=1S/C13H12ClN3O2/c1-8-15-11(17-13(14)16-8)7-9-3-5-10(6-4-9)12(18)19-2/h3-6H,7H2,1-2H3. The first-order chi connectivity index (χ1) is 9.08. The molecule has 0 aliphatic carbocycles. The number of halogens is 1. The van der Waals surface area contributed by atoms with Gasteiger partial charge < -0.3 is 4.74 Å². The molecule has 0 aliphatic rings. The van der Waals surface area contributed by atoms with Crippen LogP contribution in [0.5, 0.6) is 0 Å². The minimum atomic E-state index is -0.356. The van der Waals surface area contributed by atoms with Gasteiger partial charge in [0.15, 0.2) is 0 Å². The van der Waals surface area contributed by atoms with Gasteiger partial charge in [-0.05, 0) is 36.2 Å². The summed E-state index contributed by atoms with van der Waals surface area (Å²) in [5, 5.41) is 0.189. The zero-order valence-electron chi connectivity index (χ0n) is 10.6. The predicted octanol–water partition coefficient (Wildman–Crippen LogP) is 2.21. The molecule has 2 aromatic rings. The molecule has 0 fully saturated rings. The Balaban J connectivity index is 2.17. The number of hydrogen-bond donors (Lipinski definition) is 0. The van der Waals surface area contributed by atoms with Crippen LogP contribution < -0.4 is 0 Å². The first-order valence-corrected chi connectivity index (χ1v) is 6.00. The molecule has 5 nitrogen and oxygen atoms in total. The van der Waals surface area contributed by atoms with Gasteiger partial charge in [0.05, 0.1) is 12.7 Å². The summed E-state index contributed by atoms with van der Waals surface area (Å²) in [7, 11) is 1.35. The van der Waals surface area contributed by atoms with Crippen molar-refractivity contribution in [2.75, 3.05) is 7.11 Å². The first kappa shape index (κ1) is 13.4. The van der Waals surface area contributed by atoms with Gasteiger partial charge in [-0.3, -0.25) is 0 Å². The molecule has 0 unspecified atom stereocenters. The van der Waals surface area contributed by atoms with E-state index in [1.807, 2.05) is 12.1 Å². The molecule has 98 valence electrons. The van der Waals surface area contributed by atoms with Crippen LogP contribution in [0.3, 0.4) is 0 Å². The zero-order valence-corrected chi connectivity index (χ0v) is 11.3. The number of benzene rings is 1. The summed E-state index contributed by atoms with van der Waals surface area (Å²) in [5.74, 6) is 0.829. The van der Waals surface area contributed by atoms with Crippen molar-refractivity contribution in [2.24, 2.45) is 0 Å². The maximum Gasteiger partial charge on any atom is 0.337 e. The molecule has 2 rings (SSSR count). The molecule has 0 N–H and O–H groups in total. The highest BCUT2D eigenvalue weighted by molar-refractivity contribution is 6.28. The normalized spacial score (nSPS) is 10.3. The van der Waals surface area contributed by atoms with E-state index >= 15 is 0 Å². The molecule has 0 spiro atoms. The zero-order chi connectivity index (χ0) is 13.8. The summed E-state index contributed by atoms with van der Waals surface area (Å²) in [4.78, 5) is 23.5. The van der Waals surface area contributed by atoms with E-state index in [2.05, 4.69) is 19.7 Å². The number of methoxy groups -OCH3 is 1. The molecule has 0 atom stereocenters. The number of carbonyl (C=O) groups is 1. The van der Waals surface area contributed by atoms with E-state index in [4.69, 9.17) is 11.6 Å². The molecule has 19 heavy (non-hydrogen) atoms. The van der Waals surface area contributed by atoms with E-state index in [0.29, 0.717) is 23.6 Å². The molecular weight excluding hydrogens is 266 g/mol. The number of rotatable bonds is 3. The fourth-order valence-corrected chi connectivity index (χ4v) is 1.86. The molecule has 0 aliphatic heterocycles. The van der Waals surface area contributed by atoms with Crippen LogP contribution in [0, 0.1) is 6.92 Å². The monoisotopic (exact) mass is 277 g/mol. The number of carbonyl (C=O) groups excluding carboxylic acids is 1. The highest BCUT2D eigenvalue weighted by Gasteiger charge is 2.06. The van der Waals surface area contributed by atoms with Crippen LogP contribution in [-0.2, 0) is 11.2 Å². The topological polar surface area (TPSA) is 65.0 Å². The van der Waals surface area contributed by atoms with Crippen LogP contribution >= 0.6 is 11.6 Å². The van der Waals surface area contributed by atoms with Crippen LogP contribution in [0.25, 0.3) is 0 Å². The van der Waals surface area contributed by atoms with Crippen molar-refractivity contribution in [1.82, 2.24) is 15.0 Å². The fourth-order valence-electron chi connectivity index (χ4n) is 1.64. The van der Waals surface area contributed by atoms with E-state index in [1.165, 1.54) is 7.11 Å². The average Bonchev–Trinajstić information content (AvgIpc) is 2.37. The van der Waals surface area contributed by atoms with Gasteiger partial charge >= 0.3 is 5.97 Å². The highest BCUT2D eigenvalue weighted by atomic mass is 35.5. The number of aromatic nitrogens is 3. The molecule has 6 heteroatoms. The number of hydrogen-bond acceptors (Lipinski definition) is 5. The summed E-state index contributed by atoms with van der Waals surface area (Å²) in [6.45, 7) is 1.76. The Bertz CT molecular complexity index is 579. The fraction of sp³-hybridized carbons (Fsp3) is 0.231. The molecule has 0 amide bonds. The van der Waals surface area contributed by atoms with Crippen LogP contribution in [0.2, 0.25) is 5.28 Å². The summed E-state index contributed by atoms with van der Waals surface area (Å²) in [6.07, 6.45) is 0.532. The SMILES string of the molecule is COC(=O)c1ccc(Cc2nc(C)nc(Cl)n2)cc1. The predicted molar refractivity (Wildman–Crippen MR) is 70.2 cm³/mol. The van der Waals surface area contributed by atoms with Gasteiger partial charge in [0.2, 0.25) is 5.28 Å². The Morgan fingerprint density at radius 3 is 2.47 bits per heavy atom. The minimum absolute atomic E-state index is 0.189. The molecule has 1 aromatic heterocycles. The average molecular weight is 278 g/mol. The third-order valence-electron chi connectivity index (χ3n) is 2.50. The maximum absolute atomic E-state index is 11.3. The lowest BCUT2D eigenvalue weighted by Crippen LogP contribution is -2.03. The maximum atomic E-state index is 11.3. The Hall–Kier alpha value is -2.01. The molecule has 1 aromatic carbocycles. The molecule has 0 radical (unpaired) electrons. The van der Waals surface area contributed by atoms with Gasteiger partial charge in [0.1, 0.15) is 11.6 Å². The molecule has 0 saturated heterocycles. The van der Waals surface area contributed by atoms with Crippen LogP contribution in [0.15, 0.2) is 24.3 Å². The Kier molecular flexibility index (Phi) is 4.06. The Morgan fingerprint density at radius 1 is 1.21 bits per heavy atom. The Labute approximate surface area is 115 Å². The Morgan fingerprint density at radius 2 is 1.89 bits per heavy atom. The van der Waals surface area contributed by atoms with Crippen molar-refractivity contribution in [3.05, 3.63) is 52.3 Å². The van der Waals surface area contributed by atoms with Gasteiger partial charge in [-0.1, -0.05) is 12.1 Å². The second-order valence-electron chi connectivity index (χ2n) is 3.93. The minimum Gasteiger partial charge on any atom is -0.465 e. The van der Waals surface area contributed by atoms with Gasteiger partial charge in [0, 0.05) is 6.42 Å². The van der Waals surface area contributed by atoms with Crippen molar-refractivity contribution in [3.8, 4) is 0 Å². The second kappa shape index (κ2) is 5.75. The van der Waals surface area contributed by atoms with Gasteiger partial charge in [-0.15, -0.1) is 0 Å². The van der Waals surface area contributed by atoms with Crippen LogP contribution in [-0.4, -0.2) is 28.0 Å². The smallest absolute Gasteiger partial charge is 0.337 e. The number of esters is 1. The summed E-state index contributed by atoms with van der Waals surface area (Å²) in [6, 6.07) is 7.08. The largest absolute Gasteiger partial charge is 0.465 e. The molecule has 0 bridgehead atoms. The first-order valence-electron chi connectivity index (χ1n) is 5.63. The van der Waals surface area contributed by atoms with Crippen molar-refractivity contribution >= 4 is 17.6 Å². The van der Waals surface area contributed by atoms with Gasteiger partial charge in [-0.25, -0.2) is 19.7 Å². The lowest BCUT2D eigenvalue weighted by molar-refractivity contribution is 0.0600. The third kappa shape index (κ3) is 3.48. The number of aryl methyl sites for hydroxylation is 1. The third-order valence-corrected chi connectivity index (χ3v) is 2.67. The van der Waals surface area contributed by atoms with Gasteiger partial charge in [-0.2, -0.15) is 0 Å². The molecule has 1 heterocycles. The van der Waals surface area contributed by atoms with Crippen molar-refractivity contribution in [3.63, 3.8) is 0 Å². The van der Waals surface area contributed by atoms with E-state index in [0.717, 1.165) is 5.56 Å². The van der Waals surface area contributed by atoms with Crippen LogP contribution in [0.4, 0.5) is 0 Å². The highest BCUT2D eigenvalue weighted by Crippen LogP contribution is 2.10. The van der Waals surface area contributed by atoms with Crippen molar-refractivity contribution < 1.29 is 9.53 Å². The summed E-state index contributed by atoms with van der Waals surface area (Å²) < 4.78 is 4.64. The van der Waals surface area contributed by atoms with E-state index in [-0.39, 0.29) is 11.3 Å². The van der Waals surface area contributed by atoms with Crippen LogP contribution in [0.1, 0.15) is 27.6 Å². The summed E-state index contributed by atoms with van der Waals surface area (Å²) >= 11 is 5.78. The van der Waals surface area contributed by atoms with E-state index < -0.39 is 0 Å². The second-order valence-corrected chi connectivity index (χ2v) is 4.27. The molecule has 0 saturated carbocycles. The van der Waals surface area contributed by atoms with E-state index in [9.17, 15) is 4.79 Å². The lowest BCUT2D eigenvalue weighted by atomic mass is 10.1. The van der Waals surface area contributed by atoms with E-state index in [1.54, 1.807) is 19.1 Å². The number of ether oxygens (including phenoxy) is 1. The lowest BCUT2D eigenvalue weighted by Gasteiger charge is -2.03. The quantitative estimate of drug-likeness (QED) is 0.805. The van der Waals surface area contributed by atoms with Crippen molar-refractivity contribution in [1.29, 1.82) is 0 Å². The van der Waals surface area contributed by atoms with Crippen molar-refractivity contribution in [2.45, 2.75) is 13.3 Å². The number of nitrogens with zero attached hydrogens (tertiary/aromatic N) is 3.